The molecule has 1 atom stereocenters. The molecule has 0 amide bonds. The summed E-state index contributed by atoms with van der Waals surface area (Å²) in [6.07, 6.45) is 8.97. The summed E-state index contributed by atoms with van der Waals surface area (Å²) < 4.78 is 30.1. The zero-order chi connectivity index (χ0) is 22.5. The minimum Gasteiger partial charge on any atom is -0.302 e. The fourth-order valence-electron chi connectivity index (χ4n) is 2.66. The van der Waals surface area contributed by atoms with Crippen molar-refractivity contribution in [2.24, 2.45) is 0 Å². The maximum absolute atomic E-state index is 11.3. The zero-order valence-electron chi connectivity index (χ0n) is 17.5. The van der Waals surface area contributed by atoms with E-state index in [1.807, 2.05) is 6.92 Å². The lowest BCUT2D eigenvalue weighted by Gasteiger charge is -2.13. The van der Waals surface area contributed by atoms with Gasteiger partial charge in [-0.25, -0.2) is 9.13 Å². The van der Waals surface area contributed by atoms with Gasteiger partial charge >= 0.3 is 15.6 Å². The lowest BCUT2D eigenvalue weighted by molar-refractivity contribution is 0.179. The zero-order valence-corrected chi connectivity index (χ0v) is 19.3. The quantitative estimate of drug-likeness (QED) is 0.164. The van der Waals surface area contributed by atoms with E-state index >= 15 is 0 Å². The summed E-state index contributed by atoms with van der Waals surface area (Å²) in [7, 11) is -9.86. The molecule has 0 aromatic heterocycles. The molecule has 0 bridgehead atoms. The van der Waals surface area contributed by atoms with Gasteiger partial charge in [0.2, 0.25) is 0 Å². The summed E-state index contributed by atoms with van der Waals surface area (Å²) in [6.45, 7) is 17.9. The Balaban J connectivity index is 3.82. The number of rotatable bonds is 18. The van der Waals surface area contributed by atoms with Crippen LogP contribution < -0.4 is 0 Å². The van der Waals surface area contributed by atoms with E-state index < -0.39 is 15.6 Å². The van der Waals surface area contributed by atoms with Crippen molar-refractivity contribution in [2.75, 3.05) is 6.61 Å². The highest BCUT2D eigenvalue weighted by Crippen LogP contribution is 2.57. The van der Waals surface area contributed by atoms with E-state index in [1.54, 1.807) is 0 Å². The van der Waals surface area contributed by atoms with E-state index in [4.69, 9.17) is 9.79 Å². The molecule has 0 radical (unpaired) electrons. The SMILES string of the molecule is C=C(C)CCCC(=C)CCCC(=C)CCCC(=C)CCOP(=O)(O)OP(=O)(O)O. The van der Waals surface area contributed by atoms with Crippen molar-refractivity contribution >= 4 is 15.6 Å². The van der Waals surface area contributed by atoms with Gasteiger partial charge in [0, 0.05) is 0 Å². The first-order chi connectivity index (χ1) is 13.3. The molecule has 0 aliphatic carbocycles. The standard InChI is InChI=1S/C20H36O7P2/c1-17(2)9-6-10-18(3)11-7-12-19(4)13-8-14-20(5)15-16-26-29(24,25)27-28(21,22)23/h1,3-16H2,2H3,(H,24,25)(H2,21,22,23). The molecule has 0 rings (SSSR count). The van der Waals surface area contributed by atoms with Crippen LogP contribution in [0.4, 0.5) is 0 Å². The van der Waals surface area contributed by atoms with Gasteiger partial charge in [0.05, 0.1) is 6.61 Å². The summed E-state index contributed by atoms with van der Waals surface area (Å²) in [5, 5.41) is 0. The van der Waals surface area contributed by atoms with Gasteiger partial charge in [-0.15, -0.1) is 6.58 Å². The van der Waals surface area contributed by atoms with Gasteiger partial charge in [0.25, 0.3) is 0 Å². The van der Waals surface area contributed by atoms with Crippen molar-refractivity contribution in [2.45, 2.75) is 71.1 Å². The molecule has 0 fully saturated rings. The number of phosphoric ester groups is 1. The molecule has 0 heterocycles. The van der Waals surface area contributed by atoms with Crippen LogP contribution in [-0.4, -0.2) is 21.3 Å². The molecule has 1 unspecified atom stereocenters. The summed E-state index contributed by atoms with van der Waals surface area (Å²) >= 11 is 0. The van der Waals surface area contributed by atoms with E-state index in [0.29, 0.717) is 12.8 Å². The highest BCUT2D eigenvalue weighted by molar-refractivity contribution is 7.60. The predicted octanol–water partition coefficient (Wildman–Crippen LogP) is 6.36. The normalized spacial score (nSPS) is 13.7. The highest BCUT2D eigenvalue weighted by atomic mass is 31.3. The fraction of sp³-hybridized carbons (Fsp3) is 0.600. The maximum atomic E-state index is 11.3. The molecule has 0 aliphatic rings. The van der Waals surface area contributed by atoms with Gasteiger partial charge < -0.3 is 14.7 Å². The van der Waals surface area contributed by atoms with Crippen molar-refractivity contribution in [3.63, 3.8) is 0 Å². The van der Waals surface area contributed by atoms with Crippen LogP contribution in [0.2, 0.25) is 0 Å². The van der Waals surface area contributed by atoms with Gasteiger partial charge in [0.15, 0.2) is 0 Å². The largest absolute Gasteiger partial charge is 0.481 e. The average Bonchev–Trinajstić information content (AvgIpc) is 2.51. The molecule has 0 saturated heterocycles. The van der Waals surface area contributed by atoms with E-state index in [-0.39, 0.29) is 6.61 Å². The fourth-order valence-corrected chi connectivity index (χ4v) is 4.24. The second-order valence-corrected chi connectivity index (χ2v) is 10.2. The Morgan fingerprint density at radius 3 is 1.48 bits per heavy atom. The van der Waals surface area contributed by atoms with E-state index in [9.17, 15) is 14.0 Å². The predicted molar refractivity (Wildman–Crippen MR) is 117 cm³/mol. The third kappa shape index (κ3) is 19.0. The van der Waals surface area contributed by atoms with Gasteiger partial charge in [-0.3, -0.25) is 4.52 Å². The molecule has 29 heavy (non-hydrogen) atoms. The Kier molecular flexibility index (Phi) is 13.9. The highest BCUT2D eigenvalue weighted by Gasteiger charge is 2.32. The minimum absolute atomic E-state index is 0.207. The third-order valence-electron chi connectivity index (χ3n) is 4.17. The number of hydrogen-bond donors (Lipinski definition) is 3. The Morgan fingerprint density at radius 1 is 0.724 bits per heavy atom. The van der Waals surface area contributed by atoms with E-state index in [2.05, 4.69) is 35.2 Å². The first-order valence-corrected chi connectivity index (χ1v) is 12.7. The molecule has 0 aromatic rings. The lowest BCUT2D eigenvalue weighted by atomic mass is 9.98. The van der Waals surface area contributed by atoms with Crippen LogP contribution >= 0.6 is 15.6 Å². The second-order valence-electron chi connectivity index (χ2n) is 7.39. The third-order valence-corrected chi connectivity index (χ3v) is 6.36. The van der Waals surface area contributed by atoms with E-state index in [1.165, 1.54) is 16.7 Å². The molecular weight excluding hydrogens is 414 g/mol. The van der Waals surface area contributed by atoms with Gasteiger partial charge in [-0.05, 0) is 71.1 Å². The Morgan fingerprint density at radius 2 is 1.10 bits per heavy atom. The summed E-state index contributed by atoms with van der Waals surface area (Å²) in [4.78, 5) is 26.2. The molecule has 9 heteroatoms. The molecule has 0 saturated carbocycles. The molecule has 3 N–H and O–H groups in total. The molecule has 168 valence electrons. The first-order valence-electron chi connectivity index (χ1n) is 9.69. The monoisotopic (exact) mass is 450 g/mol. The van der Waals surface area contributed by atoms with Crippen molar-refractivity contribution < 1.29 is 32.6 Å². The van der Waals surface area contributed by atoms with E-state index in [0.717, 1.165) is 56.9 Å². The van der Waals surface area contributed by atoms with Gasteiger partial charge in [-0.1, -0.05) is 42.0 Å². The smallest absolute Gasteiger partial charge is 0.302 e. The van der Waals surface area contributed by atoms with Crippen LogP contribution in [-0.2, 0) is 18.0 Å². The van der Waals surface area contributed by atoms with Gasteiger partial charge in [-0.2, -0.15) is 4.31 Å². The summed E-state index contributed by atoms with van der Waals surface area (Å²) in [6, 6.07) is 0. The van der Waals surface area contributed by atoms with Crippen molar-refractivity contribution in [1.82, 2.24) is 0 Å². The van der Waals surface area contributed by atoms with Crippen LogP contribution in [0.1, 0.15) is 71.1 Å². The van der Waals surface area contributed by atoms with Crippen molar-refractivity contribution in [1.29, 1.82) is 0 Å². The number of allylic oxidation sites excluding steroid dienone is 3. The second kappa shape index (κ2) is 14.3. The molecular formula is C20H36O7P2. The minimum atomic E-state index is -5.08. The van der Waals surface area contributed by atoms with Crippen molar-refractivity contribution in [3.05, 3.63) is 48.6 Å². The molecule has 7 nitrogen and oxygen atoms in total. The number of phosphoric acid groups is 2. The lowest BCUT2D eigenvalue weighted by Crippen LogP contribution is -1.97. The van der Waals surface area contributed by atoms with Crippen LogP contribution in [0.5, 0.6) is 0 Å². The van der Waals surface area contributed by atoms with Gasteiger partial charge in [0.1, 0.15) is 0 Å². The average molecular weight is 450 g/mol. The van der Waals surface area contributed by atoms with Crippen molar-refractivity contribution in [3.8, 4) is 0 Å². The Hall–Kier alpha value is -0.780. The van der Waals surface area contributed by atoms with Crippen LogP contribution in [0.15, 0.2) is 48.6 Å². The van der Waals surface area contributed by atoms with Crippen LogP contribution in [0.3, 0.4) is 0 Å². The number of hydrogen-bond acceptors (Lipinski definition) is 4. The van der Waals surface area contributed by atoms with Crippen LogP contribution in [0, 0.1) is 0 Å². The Labute approximate surface area is 175 Å². The topological polar surface area (TPSA) is 113 Å². The summed E-state index contributed by atoms with van der Waals surface area (Å²) in [5.74, 6) is 0. The molecule has 0 aromatic carbocycles. The maximum Gasteiger partial charge on any atom is 0.481 e. The summed E-state index contributed by atoms with van der Waals surface area (Å²) in [5.41, 5.74) is 4.48. The molecule has 0 aliphatic heterocycles. The molecule has 0 spiro atoms. The Bertz CT molecular complexity index is 664. The first kappa shape index (κ1) is 28.2. The van der Waals surface area contributed by atoms with Crippen LogP contribution in [0.25, 0.3) is 0 Å².